The average Bonchev–Trinajstić information content (AvgIpc) is 2.44. The summed E-state index contributed by atoms with van der Waals surface area (Å²) < 4.78 is 11.5. The van der Waals surface area contributed by atoms with Gasteiger partial charge >= 0.3 is 0 Å². The third-order valence-corrected chi connectivity index (χ3v) is 2.84. The molecule has 2 heterocycles. The molecule has 4 heteroatoms. The zero-order chi connectivity index (χ0) is 9.26. The van der Waals surface area contributed by atoms with Crippen LogP contribution in [0.1, 0.15) is 0 Å². The molecule has 0 aromatic rings. The predicted octanol–water partition coefficient (Wildman–Crippen LogP) is -0.696. The highest BCUT2D eigenvalue weighted by Gasteiger charge is 2.33. The Balaban J connectivity index is 1.91. The minimum absolute atomic E-state index is 0.268. The number of hydrogen-bond donors (Lipinski definition) is 1. The molecule has 13 heavy (non-hydrogen) atoms. The first-order chi connectivity index (χ1) is 6.27. The van der Waals surface area contributed by atoms with Crippen molar-refractivity contribution >= 4 is 0 Å². The van der Waals surface area contributed by atoms with Crippen LogP contribution >= 0.6 is 0 Å². The SMILES string of the molecule is CN(C)C1COC2CNCC2OC1. The summed E-state index contributed by atoms with van der Waals surface area (Å²) in [6.07, 6.45) is 0.537. The molecule has 0 radical (unpaired) electrons. The maximum Gasteiger partial charge on any atom is 0.0973 e. The first kappa shape index (κ1) is 9.40. The van der Waals surface area contributed by atoms with Crippen molar-refractivity contribution in [3.8, 4) is 0 Å². The molecule has 0 aromatic carbocycles. The monoisotopic (exact) mass is 186 g/mol. The molecule has 0 amide bonds. The number of likely N-dealkylation sites (N-methyl/N-ethyl adjacent to an activating group) is 1. The van der Waals surface area contributed by atoms with Gasteiger partial charge in [-0.05, 0) is 14.1 Å². The smallest absolute Gasteiger partial charge is 0.0973 e. The minimum atomic E-state index is 0.268. The number of hydrogen-bond acceptors (Lipinski definition) is 4. The topological polar surface area (TPSA) is 33.7 Å². The quantitative estimate of drug-likeness (QED) is 0.587. The number of nitrogens with one attached hydrogen (secondary N) is 1. The Kier molecular flexibility index (Phi) is 2.83. The molecule has 0 bridgehead atoms. The molecule has 4 nitrogen and oxygen atoms in total. The van der Waals surface area contributed by atoms with Crippen molar-refractivity contribution in [1.82, 2.24) is 10.2 Å². The Labute approximate surface area is 79.2 Å². The van der Waals surface area contributed by atoms with E-state index in [0.29, 0.717) is 6.04 Å². The van der Waals surface area contributed by atoms with E-state index in [1.54, 1.807) is 0 Å². The molecule has 2 atom stereocenters. The largest absolute Gasteiger partial charge is 0.372 e. The van der Waals surface area contributed by atoms with Gasteiger partial charge in [-0.1, -0.05) is 0 Å². The lowest BCUT2D eigenvalue weighted by atomic mass is 10.3. The average molecular weight is 186 g/mol. The van der Waals surface area contributed by atoms with Gasteiger partial charge in [0.2, 0.25) is 0 Å². The molecule has 0 spiro atoms. The highest BCUT2D eigenvalue weighted by Crippen LogP contribution is 2.15. The Bertz CT molecular complexity index is 161. The van der Waals surface area contributed by atoms with Gasteiger partial charge < -0.3 is 19.7 Å². The van der Waals surface area contributed by atoms with Crippen LogP contribution in [-0.2, 0) is 9.47 Å². The van der Waals surface area contributed by atoms with Gasteiger partial charge in [-0.25, -0.2) is 0 Å². The first-order valence-electron chi connectivity index (χ1n) is 4.87. The molecule has 0 aliphatic carbocycles. The number of nitrogens with zero attached hydrogens (tertiary/aromatic N) is 1. The van der Waals surface area contributed by atoms with E-state index in [9.17, 15) is 0 Å². The van der Waals surface area contributed by atoms with Gasteiger partial charge in [-0.15, -0.1) is 0 Å². The van der Waals surface area contributed by atoms with Gasteiger partial charge in [0, 0.05) is 13.1 Å². The normalized spacial score (nSPS) is 40.4. The second-order valence-electron chi connectivity index (χ2n) is 4.02. The maximum absolute atomic E-state index is 5.77. The van der Waals surface area contributed by atoms with Crippen molar-refractivity contribution in [2.45, 2.75) is 18.2 Å². The summed E-state index contributed by atoms with van der Waals surface area (Å²) in [5, 5.41) is 3.27. The Morgan fingerprint density at radius 2 is 1.62 bits per heavy atom. The van der Waals surface area contributed by atoms with Gasteiger partial charge in [-0.2, -0.15) is 0 Å². The summed E-state index contributed by atoms with van der Waals surface area (Å²) in [4.78, 5) is 2.16. The van der Waals surface area contributed by atoms with Crippen LogP contribution in [0.2, 0.25) is 0 Å². The van der Waals surface area contributed by atoms with Crippen LogP contribution in [-0.4, -0.2) is 63.5 Å². The van der Waals surface area contributed by atoms with Crippen molar-refractivity contribution in [2.75, 3.05) is 40.4 Å². The van der Waals surface area contributed by atoms with E-state index in [4.69, 9.17) is 9.47 Å². The van der Waals surface area contributed by atoms with Crippen LogP contribution in [0.15, 0.2) is 0 Å². The Morgan fingerprint density at radius 1 is 1.08 bits per heavy atom. The molecule has 2 aliphatic heterocycles. The van der Waals surface area contributed by atoms with Crippen LogP contribution in [0.3, 0.4) is 0 Å². The fourth-order valence-electron chi connectivity index (χ4n) is 1.78. The minimum Gasteiger partial charge on any atom is -0.372 e. The fourth-order valence-corrected chi connectivity index (χ4v) is 1.78. The molecule has 1 N–H and O–H groups in total. The van der Waals surface area contributed by atoms with Crippen molar-refractivity contribution in [1.29, 1.82) is 0 Å². The molecular formula is C9H18N2O2. The molecule has 2 saturated heterocycles. The van der Waals surface area contributed by atoms with E-state index in [-0.39, 0.29) is 12.2 Å². The molecule has 2 aliphatic rings. The molecule has 76 valence electrons. The van der Waals surface area contributed by atoms with Crippen molar-refractivity contribution in [3.63, 3.8) is 0 Å². The molecule has 2 fully saturated rings. The molecule has 2 rings (SSSR count). The highest BCUT2D eigenvalue weighted by molar-refractivity contribution is 4.86. The molecule has 0 saturated carbocycles. The first-order valence-corrected chi connectivity index (χ1v) is 4.87. The van der Waals surface area contributed by atoms with Crippen LogP contribution in [0.5, 0.6) is 0 Å². The summed E-state index contributed by atoms with van der Waals surface area (Å²) in [6.45, 7) is 3.45. The summed E-state index contributed by atoms with van der Waals surface area (Å²) in [5.74, 6) is 0. The van der Waals surface area contributed by atoms with Gasteiger partial charge in [-0.3, -0.25) is 0 Å². The Morgan fingerprint density at radius 3 is 2.08 bits per heavy atom. The summed E-state index contributed by atoms with van der Waals surface area (Å²) in [7, 11) is 4.13. The van der Waals surface area contributed by atoms with Crippen LogP contribution in [0.25, 0.3) is 0 Å². The van der Waals surface area contributed by atoms with Crippen molar-refractivity contribution in [2.24, 2.45) is 0 Å². The lowest BCUT2D eigenvalue weighted by Crippen LogP contribution is -2.36. The number of fused-ring (bicyclic) bond motifs is 1. The Hall–Kier alpha value is -0.160. The van der Waals surface area contributed by atoms with E-state index >= 15 is 0 Å². The van der Waals surface area contributed by atoms with Crippen LogP contribution in [0.4, 0.5) is 0 Å². The van der Waals surface area contributed by atoms with Crippen LogP contribution < -0.4 is 5.32 Å². The van der Waals surface area contributed by atoms with E-state index in [1.165, 1.54) is 0 Å². The standard InChI is InChI=1S/C9H18N2O2/c1-11(2)7-5-12-8-3-10-4-9(8)13-6-7/h7-10H,3-6H2,1-2H3. The second kappa shape index (κ2) is 3.92. The lowest BCUT2D eigenvalue weighted by molar-refractivity contribution is -0.00461. The maximum atomic E-state index is 5.77. The zero-order valence-corrected chi connectivity index (χ0v) is 8.32. The third kappa shape index (κ3) is 2.02. The predicted molar refractivity (Wildman–Crippen MR) is 49.8 cm³/mol. The van der Waals surface area contributed by atoms with Gasteiger partial charge in [0.15, 0.2) is 0 Å². The van der Waals surface area contributed by atoms with Gasteiger partial charge in [0.25, 0.3) is 0 Å². The van der Waals surface area contributed by atoms with Gasteiger partial charge in [0.1, 0.15) is 0 Å². The highest BCUT2D eigenvalue weighted by atomic mass is 16.6. The van der Waals surface area contributed by atoms with Crippen LogP contribution in [0, 0.1) is 0 Å². The van der Waals surface area contributed by atoms with E-state index < -0.39 is 0 Å². The van der Waals surface area contributed by atoms with Crippen molar-refractivity contribution < 1.29 is 9.47 Å². The number of ether oxygens (including phenoxy) is 2. The molecule has 2 unspecified atom stereocenters. The lowest BCUT2D eigenvalue weighted by Gasteiger charge is -2.21. The third-order valence-electron chi connectivity index (χ3n) is 2.84. The van der Waals surface area contributed by atoms with Crippen molar-refractivity contribution in [3.05, 3.63) is 0 Å². The summed E-state index contributed by atoms with van der Waals surface area (Å²) in [6, 6.07) is 0.408. The van der Waals surface area contributed by atoms with E-state index in [2.05, 4.69) is 24.3 Å². The van der Waals surface area contributed by atoms with Gasteiger partial charge in [0.05, 0.1) is 31.5 Å². The summed E-state index contributed by atoms with van der Waals surface area (Å²) in [5.41, 5.74) is 0. The zero-order valence-electron chi connectivity index (χ0n) is 8.32. The molecular weight excluding hydrogens is 168 g/mol. The summed E-state index contributed by atoms with van der Waals surface area (Å²) >= 11 is 0. The van der Waals surface area contributed by atoms with E-state index in [1.807, 2.05) is 0 Å². The second-order valence-corrected chi connectivity index (χ2v) is 4.02. The fraction of sp³-hybridized carbons (Fsp3) is 1.00. The number of rotatable bonds is 1. The van der Waals surface area contributed by atoms with E-state index in [0.717, 1.165) is 26.3 Å². The molecule has 0 aromatic heterocycles.